The lowest BCUT2D eigenvalue weighted by Gasteiger charge is -2.01. The first kappa shape index (κ1) is 20.6. The van der Waals surface area contributed by atoms with Crippen LogP contribution in [0.25, 0.3) is 11.3 Å². The molecule has 0 bridgehead atoms. The zero-order valence-corrected chi connectivity index (χ0v) is 14.4. The van der Waals surface area contributed by atoms with Crippen molar-refractivity contribution in [3.8, 4) is 11.3 Å². The largest absolute Gasteiger partial charge is 0.490 e. The van der Waals surface area contributed by atoms with Gasteiger partial charge in [-0.3, -0.25) is 4.79 Å². The summed E-state index contributed by atoms with van der Waals surface area (Å²) in [5, 5.41) is 13.6. The number of nitrogens with zero attached hydrogens (tertiary/aromatic N) is 2. The fourth-order valence-corrected chi connectivity index (χ4v) is 1.91. The number of carbonyl (C=O) groups is 2. The van der Waals surface area contributed by atoms with E-state index in [2.05, 4.69) is 15.5 Å². The standard InChI is InChI=1S/C16H13N3O2.C2HF3O2/c1-11-6-5-9-15(17-11)18-16(20)13-10-14(21-19-13)12-7-3-2-4-8-12;3-2(4,5)1(6)7/h2-10H,1H3,(H,17,18,20);(H,6,7). The van der Waals surface area contributed by atoms with Gasteiger partial charge in [0.2, 0.25) is 0 Å². The van der Waals surface area contributed by atoms with E-state index in [1.54, 1.807) is 12.1 Å². The number of carbonyl (C=O) groups excluding carboxylic acids is 1. The summed E-state index contributed by atoms with van der Waals surface area (Å²) in [6.07, 6.45) is -5.08. The summed E-state index contributed by atoms with van der Waals surface area (Å²) >= 11 is 0. The number of aryl methyl sites for hydroxylation is 1. The highest BCUT2D eigenvalue weighted by Gasteiger charge is 2.38. The molecule has 3 aromatic rings. The van der Waals surface area contributed by atoms with Crippen molar-refractivity contribution >= 4 is 17.7 Å². The molecule has 0 aliphatic rings. The van der Waals surface area contributed by atoms with E-state index in [1.807, 2.05) is 49.4 Å². The molecular formula is C18H14F3N3O4. The molecule has 10 heteroatoms. The molecule has 2 N–H and O–H groups in total. The van der Waals surface area contributed by atoms with Crippen molar-refractivity contribution in [1.29, 1.82) is 0 Å². The minimum absolute atomic E-state index is 0.220. The Hall–Kier alpha value is -3.69. The lowest BCUT2D eigenvalue weighted by molar-refractivity contribution is -0.192. The lowest BCUT2D eigenvalue weighted by Crippen LogP contribution is -2.21. The first-order chi connectivity index (χ1) is 13.2. The summed E-state index contributed by atoms with van der Waals surface area (Å²) in [6.45, 7) is 1.86. The van der Waals surface area contributed by atoms with Crippen molar-refractivity contribution in [2.24, 2.45) is 0 Å². The smallest absolute Gasteiger partial charge is 0.475 e. The Kier molecular flexibility index (Phi) is 6.48. The van der Waals surface area contributed by atoms with Crippen molar-refractivity contribution in [1.82, 2.24) is 10.1 Å². The highest BCUT2D eigenvalue weighted by molar-refractivity contribution is 6.02. The van der Waals surface area contributed by atoms with E-state index >= 15 is 0 Å². The zero-order chi connectivity index (χ0) is 20.7. The second kappa shape index (κ2) is 8.80. The van der Waals surface area contributed by atoms with Gasteiger partial charge in [-0.2, -0.15) is 13.2 Å². The summed E-state index contributed by atoms with van der Waals surface area (Å²) in [4.78, 5) is 25.2. The van der Waals surface area contributed by atoms with Gasteiger partial charge in [-0.15, -0.1) is 0 Å². The molecule has 0 aliphatic heterocycles. The third-order valence-corrected chi connectivity index (χ3v) is 3.17. The fraction of sp³-hybridized carbons (Fsp3) is 0.111. The molecular weight excluding hydrogens is 379 g/mol. The number of anilines is 1. The number of halogens is 3. The Morgan fingerprint density at radius 3 is 2.29 bits per heavy atom. The third kappa shape index (κ3) is 5.94. The van der Waals surface area contributed by atoms with Crippen molar-refractivity contribution in [2.45, 2.75) is 13.1 Å². The SMILES string of the molecule is Cc1cccc(NC(=O)c2cc(-c3ccccc3)on2)n1.O=C(O)C(F)(F)F. The molecule has 0 aliphatic carbocycles. The number of hydrogen-bond donors (Lipinski definition) is 2. The second-order valence-electron chi connectivity index (χ2n) is 5.36. The van der Waals surface area contributed by atoms with Crippen LogP contribution < -0.4 is 5.32 Å². The normalized spacial score (nSPS) is 10.6. The number of pyridine rings is 1. The van der Waals surface area contributed by atoms with Gasteiger partial charge in [-0.05, 0) is 19.1 Å². The molecule has 0 saturated carbocycles. The summed E-state index contributed by atoms with van der Waals surface area (Å²) in [6, 6.07) is 16.5. The van der Waals surface area contributed by atoms with Crippen LogP contribution in [-0.4, -0.2) is 33.3 Å². The number of carboxylic acids is 1. The molecule has 1 amide bonds. The lowest BCUT2D eigenvalue weighted by atomic mass is 10.1. The van der Waals surface area contributed by atoms with Gasteiger partial charge in [0.15, 0.2) is 11.5 Å². The summed E-state index contributed by atoms with van der Waals surface area (Å²) in [7, 11) is 0. The van der Waals surface area contributed by atoms with Crippen molar-refractivity contribution in [3.63, 3.8) is 0 Å². The highest BCUT2D eigenvalue weighted by Crippen LogP contribution is 2.20. The van der Waals surface area contributed by atoms with Gasteiger partial charge < -0.3 is 14.9 Å². The Bertz CT molecular complexity index is 956. The first-order valence-electron chi connectivity index (χ1n) is 7.74. The van der Waals surface area contributed by atoms with E-state index in [9.17, 15) is 18.0 Å². The Morgan fingerprint density at radius 2 is 1.71 bits per heavy atom. The van der Waals surface area contributed by atoms with Gasteiger partial charge in [0.25, 0.3) is 5.91 Å². The summed E-state index contributed by atoms with van der Waals surface area (Å²) in [5.74, 6) is -2.06. The van der Waals surface area contributed by atoms with Crippen LogP contribution in [-0.2, 0) is 4.79 Å². The van der Waals surface area contributed by atoms with Gasteiger partial charge in [0.1, 0.15) is 5.82 Å². The molecule has 0 spiro atoms. The van der Waals surface area contributed by atoms with Gasteiger partial charge in [0.05, 0.1) is 0 Å². The van der Waals surface area contributed by atoms with Gasteiger partial charge in [0, 0.05) is 17.3 Å². The van der Waals surface area contributed by atoms with E-state index in [0.29, 0.717) is 11.6 Å². The number of nitrogens with one attached hydrogen (secondary N) is 1. The van der Waals surface area contributed by atoms with E-state index in [-0.39, 0.29) is 11.6 Å². The van der Waals surface area contributed by atoms with Crippen LogP contribution in [0.4, 0.5) is 19.0 Å². The highest BCUT2D eigenvalue weighted by atomic mass is 19.4. The number of aliphatic carboxylic acids is 1. The van der Waals surface area contributed by atoms with Crippen molar-refractivity contribution < 1.29 is 32.4 Å². The number of benzene rings is 1. The zero-order valence-electron chi connectivity index (χ0n) is 14.4. The molecule has 0 fully saturated rings. The Balaban J connectivity index is 0.000000345. The summed E-state index contributed by atoms with van der Waals surface area (Å²) in [5.41, 5.74) is 1.92. The quantitative estimate of drug-likeness (QED) is 0.699. The molecule has 2 heterocycles. The molecule has 3 rings (SSSR count). The van der Waals surface area contributed by atoms with E-state index < -0.39 is 12.1 Å². The van der Waals surface area contributed by atoms with Crippen LogP contribution in [0.15, 0.2) is 59.1 Å². The summed E-state index contributed by atoms with van der Waals surface area (Å²) < 4.78 is 36.9. The van der Waals surface area contributed by atoms with Crippen LogP contribution >= 0.6 is 0 Å². The molecule has 2 aromatic heterocycles. The Morgan fingerprint density at radius 1 is 1.07 bits per heavy atom. The number of amides is 1. The van der Waals surface area contributed by atoms with Crippen LogP contribution in [0.5, 0.6) is 0 Å². The minimum Gasteiger partial charge on any atom is -0.475 e. The van der Waals surface area contributed by atoms with Gasteiger partial charge in [-0.1, -0.05) is 41.6 Å². The van der Waals surface area contributed by atoms with Gasteiger partial charge >= 0.3 is 12.1 Å². The molecule has 1 aromatic carbocycles. The second-order valence-corrected chi connectivity index (χ2v) is 5.36. The maximum atomic E-state index is 12.1. The molecule has 28 heavy (non-hydrogen) atoms. The fourth-order valence-electron chi connectivity index (χ4n) is 1.91. The number of hydrogen-bond acceptors (Lipinski definition) is 5. The molecule has 0 radical (unpaired) electrons. The number of rotatable bonds is 3. The topological polar surface area (TPSA) is 105 Å². The number of alkyl halides is 3. The minimum atomic E-state index is -5.08. The molecule has 0 unspecified atom stereocenters. The van der Waals surface area contributed by atoms with Crippen molar-refractivity contribution in [3.05, 3.63) is 66.0 Å². The molecule has 146 valence electrons. The first-order valence-corrected chi connectivity index (χ1v) is 7.74. The molecule has 0 atom stereocenters. The average molecular weight is 393 g/mol. The Labute approximate surface area is 156 Å². The van der Waals surface area contributed by atoms with Gasteiger partial charge in [-0.25, -0.2) is 9.78 Å². The van der Waals surface area contributed by atoms with E-state index in [0.717, 1.165) is 11.3 Å². The maximum absolute atomic E-state index is 12.1. The average Bonchev–Trinajstić information content (AvgIpc) is 3.12. The number of carboxylic acid groups (broad SMARTS) is 1. The van der Waals surface area contributed by atoms with Crippen LogP contribution in [0.2, 0.25) is 0 Å². The monoisotopic (exact) mass is 393 g/mol. The third-order valence-electron chi connectivity index (χ3n) is 3.17. The van der Waals surface area contributed by atoms with E-state index in [4.69, 9.17) is 14.4 Å². The van der Waals surface area contributed by atoms with E-state index in [1.165, 1.54) is 0 Å². The van der Waals surface area contributed by atoms with Crippen LogP contribution in [0, 0.1) is 6.92 Å². The van der Waals surface area contributed by atoms with Crippen LogP contribution in [0.1, 0.15) is 16.2 Å². The number of aromatic nitrogens is 2. The maximum Gasteiger partial charge on any atom is 0.490 e. The predicted octanol–water partition coefficient (Wildman–Crippen LogP) is 3.93. The molecule has 0 saturated heterocycles. The van der Waals surface area contributed by atoms with Crippen molar-refractivity contribution in [2.75, 3.05) is 5.32 Å². The predicted molar refractivity (Wildman–Crippen MR) is 92.6 cm³/mol. The molecule has 7 nitrogen and oxygen atoms in total. The van der Waals surface area contributed by atoms with Crippen LogP contribution in [0.3, 0.4) is 0 Å².